The monoisotopic (exact) mass is 713 g/mol. The maximum absolute atomic E-state index is 14.9. The molecule has 3 aromatic carbocycles. The Balaban J connectivity index is 2.14. The lowest BCUT2D eigenvalue weighted by molar-refractivity contribution is -0.143. The molecule has 270 valence electrons. The molecule has 0 aliphatic heterocycles. The van der Waals surface area contributed by atoms with Gasteiger partial charge in [0.25, 0.3) is 0 Å². The molecule has 3 rings (SSSR count). The lowest BCUT2D eigenvalue weighted by Crippen LogP contribution is -2.42. The number of alkyl halides is 9. The number of benzene rings is 3. The Labute approximate surface area is 274 Å². The van der Waals surface area contributed by atoms with Gasteiger partial charge in [0.15, 0.2) is 11.6 Å². The summed E-state index contributed by atoms with van der Waals surface area (Å²) < 4.78 is 148. The zero-order valence-corrected chi connectivity index (χ0v) is 26.5. The van der Waals surface area contributed by atoms with Gasteiger partial charge in [-0.3, -0.25) is 9.69 Å². The number of carboxylic acid groups (broad SMARTS) is 1. The largest absolute Gasteiger partial charge is 0.496 e. The summed E-state index contributed by atoms with van der Waals surface area (Å²) in [7, 11) is 1.18. The highest BCUT2D eigenvalue weighted by atomic mass is 19.4. The fourth-order valence-electron chi connectivity index (χ4n) is 5.20. The average Bonchev–Trinajstić information content (AvgIpc) is 2.99. The molecule has 0 saturated heterocycles. The van der Waals surface area contributed by atoms with Crippen molar-refractivity contribution in [2.45, 2.75) is 76.9 Å². The molecule has 0 heterocycles. The minimum absolute atomic E-state index is 0.0154. The maximum Gasteiger partial charge on any atom is 0.416 e. The Hall–Kier alpha value is -4.05. The second-order valence-corrected chi connectivity index (χ2v) is 11.5. The van der Waals surface area contributed by atoms with Crippen LogP contribution in [-0.4, -0.2) is 46.9 Å². The van der Waals surface area contributed by atoms with E-state index in [-0.39, 0.29) is 53.7 Å². The van der Waals surface area contributed by atoms with Crippen LogP contribution in [0.4, 0.5) is 43.9 Å². The summed E-state index contributed by atoms with van der Waals surface area (Å²) in [5.74, 6) is -2.51. The second-order valence-electron chi connectivity index (χ2n) is 11.5. The molecule has 16 heteroatoms. The van der Waals surface area contributed by atoms with Crippen LogP contribution < -0.4 is 9.47 Å². The fraction of sp³-hybridized carbons (Fsp3) is 0.424. The number of hydrogen-bond acceptors (Lipinski definition) is 5. The van der Waals surface area contributed by atoms with Gasteiger partial charge in [-0.25, -0.2) is 4.39 Å². The molecule has 2 unspecified atom stereocenters. The normalized spacial score (nSPS) is 13.9. The average molecular weight is 714 g/mol. The number of aliphatic hydroxyl groups excluding tert-OH is 1. The van der Waals surface area contributed by atoms with E-state index in [9.17, 15) is 53.8 Å². The molecule has 0 aliphatic rings. The van der Waals surface area contributed by atoms with Crippen molar-refractivity contribution in [3.8, 4) is 22.6 Å². The standard InChI is InChI=1S/C33H33F10NO5/c1-17(2)44(18(3)30(47)19-10-22(32(38,39)40)13-23(11-19)33(41,42)43)16-20-12-21(31(35,36)37)7-8-24(20)25-14-28(26(34)15-27(25)48-4)49-9-5-6-29(45)46/h7-8,10-15,17-18,30,47H,5-6,9,16H2,1-4H3,(H,45,46). The van der Waals surface area contributed by atoms with Gasteiger partial charge in [-0.15, -0.1) is 0 Å². The number of rotatable bonds is 13. The maximum atomic E-state index is 14.9. The molecule has 0 amide bonds. The highest BCUT2D eigenvalue weighted by molar-refractivity contribution is 5.75. The van der Waals surface area contributed by atoms with E-state index in [0.717, 1.165) is 30.3 Å². The SMILES string of the molecule is COc1cc(F)c(OCCCC(=O)O)cc1-c1ccc(C(F)(F)F)cc1CN(C(C)C)C(C)C(O)c1cc(C(F)(F)F)cc(C(F)(F)F)c1. The van der Waals surface area contributed by atoms with Crippen LogP contribution in [0.15, 0.2) is 48.5 Å². The molecule has 0 radical (unpaired) electrons. The molecule has 0 fully saturated rings. The van der Waals surface area contributed by atoms with Crippen LogP contribution in [0.1, 0.15) is 67.5 Å². The minimum Gasteiger partial charge on any atom is -0.496 e. The van der Waals surface area contributed by atoms with E-state index in [2.05, 4.69) is 0 Å². The van der Waals surface area contributed by atoms with Crippen LogP contribution in [0.3, 0.4) is 0 Å². The Morgan fingerprint density at radius 3 is 1.86 bits per heavy atom. The zero-order valence-electron chi connectivity index (χ0n) is 26.5. The second kappa shape index (κ2) is 15.2. The first-order valence-electron chi connectivity index (χ1n) is 14.7. The van der Waals surface area contributed by atoms with E-state index in [1.165, 1.54) is 18.9 Å². The molecular weight excluding hydrogens is 680 g/mol. The van der Waals surface area contributed by atoms with E-state index < -0.39 is 77.3 Å². The Kier molecular flexibility index (Phi) is 12.2. The highest BCUT2D eigenvalue weighted by Crippen LogP contribution is 2.42. The number of ether oxygens (including phenoxy) is 2. The van der Waals surface area contributed by atoms with Gasteiger partial charge < -0.3 is 19.7 Å². The quantitative estimate of drug-likeness (QED) is 0.136. The number of carboxylic acids is 1. The van der Waals surface area contributed by atoms with Gasteiger partial charge in [0.2, 0.25) is 0 Å². The van der Waals surface area contributed by atoms with Gasteiger partial charge in [0, 0.05) is 36.7 Å². The Morgan fingerprint density at radius 1 is 0.796 bits per heavy atom. The van der Waals surface area contributed by atoms with Crippen LogP contribution in [0.25, 0.3) is 11.1 Å². The number of hydrogen-bond donors (Lipinski definition) is 2. The van der Waals surface area contributed by atoms with Gasteiger partial charge in [0.1, 0.15) is 5.75 Å². The summed E-state index contributed by atoms with van der Waals surface area (Å²) in [5.41, 5.74) is -5.04. The van der Waals surface area contributed by atoms with Gasteiger partial charge >= 0.3 is 24.5 Å². The number of nitrogens with zero attached hydrogens (tertiary/aromatic N) is 1. The molecule has 6 nitrogen and oxygen atoms in total. The smallest absolute Gasteiger partial charge is 0.416 e. The number of halogens is 10. The predicted molar refractivity (Wildman–Crippen MR) is 157 cm³/mol. The van der Waals surface area contributed by atoms with Gasteiger partial charge in [0.05, 0.1) is 36.5 Å². The third kappa shape index (κ3) is 10.00. The molecule has 3 aromatic rings. The molecule has 0 saturated carbocycles. The molecule has 0 bridgehead atoms. The van der Waals surface area contributed by atoms with E-state index in [4.69, 9.17) is 14.6 Å². The van der Waals surface area contributed by atoms with Crippen LogP contribution in [0.2, 0.25) is 0 Å². The lowest BCUT2D eigenvalue weighted by Gasteiger charge is -2.36. The molecule has 49 heavy (non-hydrogen) atoms. The predicted octanol–water partition coefficient (Wildman–Crippen LogP) is 9.13. The number of aliphatic carboxylic acids is 1. The summed E-state index contributed by atoms with van der Waals surface area (Å²) in [6.07, 6.45) is -17.4. The summed E-state index contributed by atoms with van der Waals surface area (Å²) in [6.45, 7) is 3.79. The van der Waals surface area contributed by atoms with Gasteiger partial charge in [-0.1, -0.05) is 6.07 Å². The Morgan fingerprint density at radius 2 is 1.37 bits per heavy atom. The van der Waals surface area contributed by atoms with Crippen molar-refractivity contribution in [3.05, 3.63) is 82.2 Å². The van der Waals surface area contributed by atoms with Crippen molar-refractivity contribution in [1.29, 1.82) is 0 Å². The first kappa shape index (κ1) is 39.4. The molecular formula is C33H33F10NO5. The van der Waals surface area contributed by atoms with E-state index in [1.54, 1.807) is 13.8 Å². The Bertz CT molecular complexity index is 1590. The van der Waals surface area contributed by atoms with Crippen molar-refractivity contribution in [2.75, 3.05) is 13.7 Å². The fourth-order valence-corrected chi connectivity index (χ4v) is 5.20. The highest BCUT2D eigenvalue weighted by Gasteiger charge is 2.39. The summed E-state index contributed by atoms with van der Waals surface area (Å²) in [6, 6.07) is 3.49. The first-order valence-corrected chi connectivity index (χ1v) is 14.7. The number of methoxy groups -OCH3 is 1. The lowest BCUT2D eigenvalue weighted by atomic mass is 9.93. The number of carbonyl (C=O) groups is 1. The van der Waals surface area contributed by atoms with E-state index >= 15 is 0 Å². The molecule has 2 N–H and O–H groups in total. The molecule has 0 spiro atoms. The minimum atomic E-state index is -5.18. The van der Waals surface area contributed by atoms with Crippen molar-refractivity contribution < 1.29 is 68.4 Å². The van der Waals surface area contributed by atoms with Crippen LogP contribution >= 0.6 is 0 Å². The van der Waals surface area contributed by atoms with Crippen molar-refractivity contribution in [1.82, 2.24) is 4.90 Å². The van der Waals surface area contributed by atoms with E-state index in [0.29, 0.717) is 12.1 Å². The molecule has 0 aliphatic carbocycles. The van der Waals surface area contributed by atoms with Crippen LogP contribution in [-0.2, 0) is 29.9 Å². The van der Waals surface area contributed by atoms with Gasteiger partial charge in [-0.05, 0) is 80.3 Å². The topological polar surface area (TPSA) is 79.2 Å². The van der Waals surface area contributed by atoms with Gasteiger partial charge in [-0.2, -0.15) is 39.5 Å². The molecule has 0 aromatic heterocycles. The zero-order chi connectivity index (χ0) is 37.1. The summed E-state index contributed by atoms with van der Waals surface area (Å²) in [5, 5.41) is 20.0. The van der Waals surface area contributed by atoms with Crippen LogP contribution in [0.5, 0.6) is 11.5 Å². The van der Waals surface area contributed by atoms with Crippen molar-refractivity contribution >= 4 is 5.97 Å². The third-order valence-corrected chi connectivity index (χ3v) is 7.72. The summed E-state index contributed by atoms with van der Waals surface area (Å²) in [4.78, 5) is 12.2. The van der Waals surface area contributed by atoms with Crippen molar-refractivity contribution in [2.24, 2.45) is 0 Å². The van der Waals surface area contributed by atoms with Crippen LogP contribution in [0, 0.1) is 5.82 Å². The van der Waals surface area contributed by atoms with E-state index in [1.807, 2.05) is 0 Å². The van der Waals surface area contributed by atoms with Crippen molar-refractivity contribution in [3.63, 3.8) is 0 Å². The summed E-state index contributed by atoms with van der Waals surface area (Å²) >= 11 is 0. The first-order chi connectivity index (χ1) is 22.5. The number of aliphatic hydroxyl groups is 1. The molecule has 2 atom stereocenters. The third-order valence-electron chi connectivity index (χ3n) is 7.72.